The lowest BCUT2D eigenvalue weighted by Crippen LogP contribution is -2.41. The molecule has 4 rings (SSSR count). The van der Waals surface area contributed by atoms with E-state index in [9.17, 15) is 4.79 Å². The van der Waals surface area contributed by atoms with Crippen LogP contribution in [0.25, 0.3) is 10.2 Å². The number of carbonyl (C=O) groups excluding carboxylic acids is 1. The van der Waals surface area contributed by atoms with Gasteiger partial charge in [0.2, 0.25) is 0 Å². The summed E-state index contributed by atoms with van der Waals surface area (Å²) in [4.78, 5) is 19.5. The highest BCUT2D eigenvalue weighted by molar-refractivity contribution is 7.18. The molecule has 0 N–H and O–H groups in total. The standard InChI is InChI=1S/C23H26N2O2S/c1-16(2)18-9-3-5-11-20(18)27-15-22(26)25-13-7-8-17(14-25)23-24-19-10-4-6-12-21(19)28-23/h3-6,9-12,16-17H,7-8,13-15H2,1-2H3/t17-/m1/s1. The van der Waals surface area contributed by atoms with E-state index >= 15 is 0 Å². The Bertz CT molecular complexity index is 933. The summed E-state index contributed by atoms with van der Waals surface area (Å²) in [6, 6.07) is 16.2. The quantitative estimate of drug-likeness (QED) is 0.597. The number of piperidine rings is 1. The van der Waals surface area contributed by atoms with Crippen LogP contribution in [0.15, 0.2) is 48.5 Å². The summed E-state index contributed by atoms with van der Waals surface area (Å²) in [5.74, 6) is 1.55. The van der Waals surface area contributed by atoms with E-state index in [0.29, 0.717) is 11.8 Å². The smallest absolute Gasteiger partial charge is 0.260 e. The zero-order chi connectivity index (χ0) is 19.5. The molecule has 1 atom stereocenters. The summed E-state index contributed by atoms with van der Waals surface area (Å²) in [6.07, 6.45) is 2.09. The van der Waals surface area contributed by atoms with Gasteiger partial charge in [-0.15, -0.1) is 11.3 Å². The van der Waals surface area contributed by atoms with Gasteiger partial charge in [-0.05, 0) is 42.5 Å². The molecule has 0 saturated carbocycles. The largest absolute Gasteiger partial charge is 0.483 e. The van der Waals surface area contributed by atoms with Gasteiger partial charge >= 0.3 is 0 Å². The van der Waals surface area contributed by atoms with Gasteiger partial charge in [0.05, 0.1) is 15.2 Å². The molecule has 2 heterocycles. The Hall–Kier alpha value is -2.40. The Labute approximate surface area is 170 Å². The molecule has 1 fully saturated rings. The summed E-state index contributed by atoms with van der Waals surface area (Å²) in [7, 11) is 0. The van der Waals surface area contributed by atoms with Crippen LogP contribution in [-0.4, -0.2) is 35.5 Å². The van der Waals surface area contributed by atoms with E-state index in [0.717, 1.165) is 47.8 Å². The molecule has 0 spiro atoms. The third-order valence-electron chi connectivity index (χ3n) is 5.33. The molecule has 0 bridgehead atoms. The third-order valence-corrected chi connectivity index (χ3v) is 6.52. The summed E-state index contributed by atoms with van der Waals surface area (Å²) < 4.78 is 7.12. The van der Waals surface area contributed by atoms with Crippen molar-refractivity contribution in [2.75, 3.05) is 19.7 Å². The first kappa shape index (κ1) is 18.9. The fourth-order valence-electron chi connectivity index (χ4n) is 3.79. The molecule has 3 aromatic rings. The number of para-hydroxylation sites is 2. The first-order valence-electron chi connectivity index (χ1n) is 9.97. The average molecular weight is 395 g/mol. The monoisotopic (exact) mass is 394 g/mol. The molecule has 1 saturated heterocycles. The number of carbonyl (C=O) groups is 1. The van der Waals surface area contributed by atoms with Crippen LogP contribution in [0.3, 0.4) is 0 Å². The summed E-state index contributed by atoms with van der Waals surface area (Å²) >= 11 is 1.75. The van der Waals surface area contributed by atoms with E-state index in [2.05, 4.69) is 32.0 Å². The van der Waals surface area contributed by atoms with Crippen molar-refractivity contribution >= 4 is 27.5 Å². The van der Waals surface area contributed by atoms with Gasteiger partial charge in [0.25, 0.3) is 5.91 Å². The van der Waals surface area contributed by atoms with E-state index in [-0.39, 0.29) is 12.5 Å². The van der Waals surface area contributed by atoms with Gasteiger partial charge in [-0.25, -0.2) is 4.98 Å². The molecule has 28 heavy (non-hydrogen) atoms. The molecule has 1 aromatic heterocycles. The van der Waals surface area contributed by atoms with Crippen molar-refractivity contribution < 1.29 is 9.53 Å². The van der Waals surface area contributed by atoms with Crippen molar-refractivity contribution in [3.05, 3.63) is 59.1 Å². The molecular weight excluding hydrogens is 368 g/mol. The number of benzene rings is 2. The minimum Gasteiger partial charge on any atom is -0.483 e. The maximum Gasteiger partial charge on any atom is 0.260 e. The summed E-state index contributed by atoms with van der Waals surface area (Å²) in [5.41, 5.74) is 2.20. The first-order chi connectivity index (χ1) is 13.6. The Morgan fingerprint density at radius 3 is 2.82 bits per heavy atom. The molecule has 1 aliphatic rings. The molecule has 4 nitrogen and oxygen atoms in total. The predicted octanol–water partition coefficient (Wildman–Crippen LogP) is 5.20. The molecular formula is C23H26N2O2S. The van der Waals surface area contributed by atoms with Crippen molar-refractivity contribution in [2.45, 2.75) is 38.5 Å². The van der Waals surface area contributed by atoms with Crippen molar-refractivity contribution in [1.29, 1.82) is 0 Å². The number of nitrogens with zero attached hydrogens (tertiary/aromatic N) is 2. The normalized spacial score (nSPS) is 17.2. The number of aromatic nitrogens is 1. The highest BCUT2D eigenvalue weighted by Crippen LogP contribution is 2.33. The number of rotatable bonds is 5. The minimum atomic E-state index is 0.0596. The van der Waals surface area contributed by atoms with Gasteiger partial charge in [-0.2, -0.15) is 0 Å². The number of hydrogen-bond donors (Lipinski definition) is 0. The minimum absolute atomic E-state index is 0.0596. The topological polar surface area (TPSA) is 42.4 Å². The summed E-state index contributed by atoms with van der Waals surface area (Å²) in [6.45, 7) is 5.90. The van der Waals surface area contributed by atoms with Crippen molar-refractivity contribution in [2.24, 2.45) is 0 Å². The molecule has 146 valence electrons. The van der Waals surface area contributed by atoms with E-state index < -0.39 is 0 Å². The second-order valence-electron chi connectivity index (χ2n) is 7.68. The molecule has 1 aliphatic heterocycles. The second-order valence-corrected chi connectivity index (χ2v) is 8.74. The lowest BCUT2D eigenvalue weighted by atomic mass is 9.98. The van der Waals surface area contributed by atoms with Gasteiger partial charge in [0, 0.05) is 19.0 Å². The van der Waals surface area contributed by atoms with Crippen LogP contribution in [-0.2, 0) is 4.79 Å². The van der Waals surface area contributed by atoms with Crippen LogP contribution in [0.4, 0.5) is 0 Å². The lowest BCUT2D eigenvalue weighted by Gasteiger charge is -2.31. The van der Waals surface area contributed by atoms with Crippen molar-refractivity contribution in [3.63, 3.8) is 0 Å². The zero-order valence-electron chi connectivity index (χ0n) is 16.4. The van der Waals surface area contributed by atoms with Gasteiger partial charge < -0.3 is 9.64 Å². The number of likely N-dealkylation sites (tertiary alicyclic amines) is 1. The van der Waals surface area contributed by atoms with Crippen LogP contribution in [0.1, 0.15) is 49.1 Å². The van der Waals surface area contributed by atoms with Crippen LogP contribution < -0.4 is 4.74 Å². The summed E-state index contributed by atoms with van der Waals surface area (Å²) in [5, 5.41) is 1.14. The maximum absolute atomic E-state index is 12.8. The molecule has 2 aromatic carbocycles. The maximum atomic E-state index is 12.8. The lowest BCUT2D eigenvalue weighted by molar-refractivity contribution is -0.134. The van der Waals surface area contributed by atoms with Gasteiger partial charge in [-0.1, -0.05) is 44.2 Å². The molecule has 0 aliphatic carbocycles. The number of hydrogen-bond acceptors (Lipinski definition) is 4. The van der Waals surface area contributed by atoms with Crippen molar-refractivity contribution in [3.8, 4) is 5.75 Å². The third kappa shape index (κ3) is 4.04. The first-order valence-corrected chi connectivity index (χ1v) is 10.8. The van der Waals surface area contributed by atoms with Crippen LogP contribution in [0.5, 0.6) is 5.75 Å². The fraction of sp³-hybridized carbons (Fsp3) is 0.391. The highest BCUT2D eigenvalue weighted by atomic mass is 32.1. The predicted molar refractivity (Wildman–Crippen MR) is 114 cm³/mol. The van der Waals surface area contributed by atoms with Crippen LogP contribution in [0, 0.1) is 0 Å². The van der Waals surface area contributed by atoms with Crippen molar-refractivity contribution in [1.82, 2.24) is 9.88 Å². The number of amides is 1. The van der Waals surface area contributed by atoms with Gasteiger partial charge in [0.1, 0.15) is 5.75 Å². The molecule has 0 radical (unpaired) electrons. The molecule has 0 unspecified atom stereocenters. The fourth-order valence-corrected chi connectivity index (χ4v) is 4.88. The zero-order valence-corrected chi connectivity index (χ0v) is 17.2. The number of fused-ring (bicyclic) bond motifs is 1. The van der Waals surface area contributed by atoms with E-state index in [1.54, 1.807) is 11.3 Å². The van der Waals surface area contributed by atoms with E-state index in [4.69, 9.17) is 9.72 Å². The number of ether oxygens (including phenoxy) is 1. The van der Waals surface area contributed by atoms with E-state index in [1.807, 2.05) is 35.2 Å². The Kier molecular flexibility index (Phi) is 5.62. The van der Waals surface area contributed by atoms with Crippen LogP contribution in [0.2, 0.25) is 0 Å². The SMILES string of the molecule is CC(C)c1ccccc1OCC(=O)N1CCC[C@@H](c2nc3ccccc3s2)C1. The average Bonchev–Trinajstić information content (AvgIpc) is 3.16. The van der Waals surface area contributed by atoms with Crippen LogP contribution >= 0.6 is 11.3 Å². The number of thiazole rings is 1. The van der Waals surface area contributed by atoms with E-state index in [1.165, 1.54) is 4.70 Å². The Morgan fingerprint density at radius 1 is 1.21 bits per heavy atom. The van der Waals surface area contributed by atoms with Gasteiger partial charge in [0.15, 0.2) is 6.61 Å². The van der Waals surface area contributed by atoms with Gasteiger partial charge in [-0.3, -0.25) is 4.79 Å². The Morgan fingerprint density at radius 2 is 2.00 bits per heavy atom. The molecule has 5 heteroatoms. The highest BCUT2D eigenvalue weighted by Gasteiger charge is 2.27. The second kappa shape index (κ2) is 8.31. The Balaban J connectivity index is 1.41. The molecule has 1 amide bonds.